The van der Waals surface area contributed by atoms with Crippen molar-refractivity contribution in [1.82, 2.24) is 4.90 Å². The van der Waals surface area contributed by atoms with Crippen molar-refractivity contribution in [2.24, 2.45) is 5.92 Å². The number of piperidine rings is 1. The number of hydrogen-bond acceptors (Lipinski definition) is 4. The number of anilines is 1. The molecule has 0 spiro atoms. The van der Waals surface area contributed by atoms with Crippen LogP contribution in [0, 0.1) is 5.92 Å². The zero-order chi connectivity index (χ0) is 22.3. The second kappa shape index (κ2) is 10.5. The van der Waals surface area contributed by atoms with Crippen molar-refractivity contribution in [2.45, 2.75) is 25.7 Å². The summed E-state index contributed by atoms with van der Waals surface area (Å²) in [6.07, 6.45) is 4.28. The van der Waals surface area contributed by atoms with E-state index in [9.17, 15) is 9.59 Å². The molecule has 0 radical (unpaired) electrons. The van der Waals surface area contributed by atoms with Gasteiger partial charge in [-0.15, -0.1) is 11.3 Å². The quantitative estimate of drug-likeness (QED) is 0.520. The number of benzene rings is 2. The normalized spacial score (nSPS) is 14.2. The molecule has 1 fully saturated rings. The van der Waals surface area contributed by atoms with E-state index in [0.29, 0.717) is 22.0 Å². The van der Waals surface area contributed by atoms with Gasteiger partial charge in [0.05, 0.1) is 12.0 Å². The number of thiophene rings is 1. The highest BCUT2D eigenvalue weighted by Crippen LogP contribution is 2.24. The van der Waals surface area contributed by atoms with Crippen LogP contribution < -0.4 is 10.1 Å². The molecular weight excluding hydrogens is 420 g/mol. The third-order valence-corrected chi connectivity index (χ3v) is 6.91. The molecule has 0 aliphatic carbocycles. The number of carbonyl (C=O) groups is 2. The van der Waals surface area contributed by atoms with E-state index in [1.807, 2.05) is 28.5 Å². The van der Waals surface area contributed by atoms with Crippen LogP contribution in [0.25, 0.3) is 0 Å². The molecule has 1 saturated heterocycles. The Labute approximate surface area is 193 Å². The zero-order valence-corrected chi connectivity index (χ0v) is 19.1. The van der Waals surface area contributed by atoms with E-state index in [0.717, 1.165) is 44.5 Å². The Morgan fingerprint density at radius 1 is 1.03 bits per heavy atom. The van der Waals surface area contributed by atoms with Gasteiger partial charge in [-0.3, -0.25) is 9.59 Å². The molecule has 2 heterocycles. The molecule has 2 amide bonds. The van der Waals surface area contributed by atoms with Crippen LogP contribution in [0.4, 0.5) is 5.69 Å². The minimum Gasteiger partial charge on any atom is -0.497 e. The molecule has 1 aliphatic heterocycles. The lowest BCUT2D eigenvalue weighted by Crippen LogP contribution is -2.38. The van der Waals surface area contributed by atoms with Gasteiger partial charge in [-0.1, -0.05) is 18.2 Å². The summed E-state index contributed by atoms with van der Waals surface area (Å²) in [6, 6.07) is 19.1. The van der Waals surface area contributed by atoms with Crippen molar-refractivity contribution >= 4 is 28.8 Å². The number of nitrogens with zero attached hydrogens (tertiary/aromatic N) is 1. The second-order valence-electron chi connectivity index (χ2n) is 8.13. The molecule has 1 aliphatic rings. The average molecular weight is 449 g/mol. The molecule has 4 rings (SSSR count). The Kier molecular flexibility index (Phi) is 7.22. The second-order valence-corrected chi connectivity index (χ2v) is 9.08. The first-order valence-corrected chi connectivity index (χ1v) is 11.9. The molecule has 0 atom stereocenters. The number of nitrogens with one attached hydrogen (secondary N) is 1. The molecule has 6 heteroatoms. The lowest BCUT2D eigenvalue weighted by molar-refractivity contribution is 0.0687. The highest BCUT2D eigenvalue weighted by Gasteiger charge is 2.23. The number of likely N-dealkylation sites (tertiary alicyclic amines) is 1. The van der Waals surface area contributed by atoms with Gasteiger partial charge < -0.3 is 15.0 Å². The molecule has 1 aromatic heterocycles. The third kappa shape index (κ3) is 5.56. The van der Waals surface area contributed by atoms with Crippen molar-refractivity contribution in [3.8, 4) is 5.75 Å². The first-order chi connectivity index (χ1) is 15.6. The van der Waals surface area contributed by atoms with Crippen LogP contribution in [0.5, 0.6) is 5.75 Å². The predicted octanol–water partition coefficient (Wildman–Crippen LogP) is 5.49. The van der Waals surface area contributed by atoms with Gasteiger partial charge in [0.1, 0.15) is 5.75 Å². The maximum absolute atomic E-state index is 12.9. The summed E-state index contributed by atoms with van der Waals surface area (Å²) in [5, 5.41) is 4.74. The molecule has 5 nitrogen and oxygen atoms in total. The predicted molar refractivity (Wildman–Crippen MR) is 129 cm³/mol. The molecule has 32 heavy (non-hydrogen) atoms. The van der Waals surface area contributed by atoms with Crippen molar-refractivity contribution in [2.75, 3.05) is 25.5 Å². The summed E-state index contributed by atoms with van der Waals surface area (Å²) in [5.74, 6) is 1.47. The number of ether oxygens (including phenoxy) is 1. The average Bonchev–Trinajstić information content (AvgIpc) is 3.39. The topological polar surface area (TPSA) is 58.6 Å². The summed E-state index contributed by atoms with van der Waals surface area (Å²) in [4.78, 5) is 27.7. The van der Waals surface area contributed by atoms with Crippen LogP contribution in [0.1, 0.15) is 44.9 Å². The maximum Gasteiger partial charge on any atom is 0.265 e. The molecule has 2 aromatic carbocycles. The van der Waals surface area contributed by atoms with E-state index in [1.54, 1.807) is 37.4 Å². The van der Waals surface area contributed by atoms with Crippen LogP contribution in [-0.2, 0) is 6.42 Å². The molecular formula is C26H28N2O3S. The van der Waals surface area contributed by atoms with E-state index in [-0.39, 0.29) is 11.8 Å². The first-order valence-electron chi connectivity index (χ1n) is 11.0. The van der Waals surface area contributed by atoms with Crippen LogP contribution in [0.15, 0.2) is 66.0 Å². The third-order valence-electron chi connectivity index (χ3n) is 6.04. The number of methoxy groups -OCH3 is 1. The fraction of sp³-hybridized carbons (Fsp3) is 0.308. The van der Waals surface area contributed by atoms with E-state index in [4.69, 9.17) is 4.74 Å². The lowest BCUT2D eigenvalue weighted by Gasteiger charge is -2.32. The molecule has 3 aromatic rings. The Morgan fingerprint density at radius 3 is 2.38 bits per heavy atom. The van der Waals surface area contributed by atoms with Crippen molar-refractivity contribution < 1.29 is 14.3 Å². The van der Waals surface area contributed by atoms with Gasteiger partial charge in [-0.2, -0.15) is 0 Å². The van der Waals surface area contributed by atoms with Gasteiger partial charge in [0.15, 0.2) is 0 Å². The summed E-state index contributed by atoms with van der Waals surface area (Å²) >= 11 is 1.40. The Morgan fingerprint density at radius 2 is 1.75 bits per heavy atom. The molecule has 0 unspecified atom stereocenters. The van der Waals surface area contributed by atoms with Gasteiger partial charge in [-0.25, -0.2) is 0 Å². The monoisotopic (exact) mass is 448 g/mol. The summed E-state index contributed by atoms with van der Waals surface area (Å²) < 4.78 is 5.22. The highest BCUT2D eigenvalue weighted by atomic mass is 32.1. The Bertz CT molecular complexity index is 1020. The van der Waals surface area contributed by atoms with Crippen molar-refractivity contribution in [3.05, 3.63) is 82.0 Å². The smallest absolute Gasteiger partial charge is 0.265 e. The molecule has 0 bridgehead atoms. The summed E-state index contributed by atoms with van der Waals surface area (Å²) in [5.41, 5.74) is 2.68. The largest absolute Gasteiger partial charge is 0.497 e. The number of aryl methyl sites for hydroxylation is 1. The number of carbonyl (C=O) groups excluding carboxylic acids is 2. The van der Waals surface area contributed by atoms with E-state index in [2.05, 4.69) is 17.4 Å². The SMILES string of the molecule is COc1ccc(CCC2CCN(C(=O)c3ccc(NC(=O)c4cccs4)cc3)CC2)cc1. The van der Waals surface area contributed by atoms with Gasteiger partial charge in [0.25, 0.3) is 11.8 Å². The number of amides is 2. The minimum absolute atomic E-state index is 0.0646. The van der Waals surface area contributed by atoms with Crippen LogP contribution >= 0.6 is 11.3 Å². The van der Waals surface area contributed by atoms with Gasteiger partial charge in [0, 0.05) is 24.3 Å². The van der Waals surface area contributed by atoms with Gasteiger partial charge in [-0.05, 0) is 85.0 Å². The minimum atomic E-state index is -0.129. The zero-order valence-electron chi connectivity index (χ0n) is 18.3. The van der Waals surface area contributed by atoms with Crippen molar-refractivity contribution in [3.63, 3.8) is 0 Å². The highest BCUT2D eigenvalue weighted by molar-refractivity contribution is 7.12. The fourth-order valence-corrected chi connectivity index (χ4v) is 4.69. The van der Waals surface area contributed by atoms with E-state index in [1.165, 1.54) is 16.9 Å². The van der Waals surface area contributed by atoms with Crippen LogP contribution in [0.3, 0.4) is 0 Å². The lowest BCUT2D eigenvalue weighted by atomic mass is 9.90. The first kappa shape index (κ1) is 22.1. The summed E-state index contributed by atoms with van der Waals surface area (Å²) in [6.45, 7) is 1.59. The van der Waals surface area contributed by atoms with E-state index >= 15 is 0 Å². The maximum atomic E-state index is 12.9. The van der Waals surface area contributed by atoms with Gasteiger partial charge in [0.2, 0.25) is 0 Å². The van der Waals surface area contributed by atoms with Crippen LogP contribution in [0.2, 0.25) is 0 Å². The number of rotatable bonds is 7. The van der Waals surface area contributed by atoms with Crippen molar-refractivity contribution in [1.29, 1.82) is 0 Å². The van der Waals surface area contributed by atoms with Crippen LogP contribution in [-0.4, -0.2) is 36.9 Å². The standard InChI is InChI=1S/C26H28N2O3S/c1-31-23-12-6-19(7-13-23)4-5-20-14-16-28(17-15-20)26(30)21-8-10-22(11-9-21)27-25(29)24-3-2-18-32-24/h2-3,6-13,18,20H,4-5,14-17H2,1H3,(H,27,29). The van der Waals surface area contributed by atoms with Gasteiger partial charge >= 0.3 is 0 Å². The Hall–Kier alpha value is -3.12. The number of hydrogen-bond donors (Lipinski definition) is 1. The Balaban J connectivity index is 1.24. The summed E-state index contributed by atoms with van der Waals surface area (Å²) in [7, 11) is 1.68. The fourth-order valence-electron chi connectivity index (χ4n) is 4.07. The molecule has 1 N–H and O–H groups in total. The van der Waals surface area contributed by atoms with E-state index < -0.39 is 0 Å². The molecule has 166 valence electrons. The molecule has 0 saturated carbocycles.